The fourth-order valence-corrected chi connectivity index (χ4v) is 1.90. The van der Waals surface area contributed by atoms with Crippen molar-refractivity contribution in [3.05, 3.63) is 24.3 Å². The topological polar surface area (TPSA) is 107 Å². The van der Waals surface area contributed by atoms with Gasteiger partial charge in [-0.05, 0) is 18.6 Å². The number of carbonyl (C=O) groups is 2. The van der Waals surface area contributed by atoms with Crippen LogP contribution in [0, 0.1) is 5.92 Å². The molecule has 1 aromatic carbocycles. The minimum absolute atomic E-state index is 0.120. The first-order valence-corrected chi connectivity index (χ1v) is 7.09. The Morgan fingerprint density at radius 2 is 2.05 bits per heavy atom. The fourth-order valence-electron chi connectivity index (χ4n) is 1.90. The highest BCUT2D eigenvalue weighted by atomic mass is 16.5. The molecule has 1 atom stereocenters. The van der Waals surface area contributed by atoms with Crippen molar-refractivity contribution in [1.82, 2.24) is 0 Å². The van der Waals surface area contributed by atoms with Gasteiger partial charge in [-0.2, -0.15) is 0 Å². The normalized spacial score (nSPS) is 11.7. The average Bonchev–Trinajstić information content (AvgIpc) is 2.46. The zero-order chi connectivity index (χ0) is 15.7. The Balaban J connectivity index is 2.69. The first kappa shape index (κ1) is 17.0. The van der Waals surface area contributed by atoms with Crippen LogP contribution in [0.25, 0.3) is 0 Å². The number of hydrogen-bond acceptors (Lipinski definition) is 4. The molecule has 0 aliphatic rings. The molecule has 0 aliphatic carbocycles. The molecule has 6 heteroatoms. The van der Waals surface area contributed by atoms with Crippen LogP contribution in [-0.4, -0.2) is 25.0 Å². The Kier molecular flexibility index (Phi) is 7.25. The first-order valence-electron chi connectivity index (χ1n) is 7.09. The van der Waals surface area contributed by atoms with Gasteiger partial charge in [-0.3, -0.25) is 9.59 Å². The van der Waals surface area contributed by atoms with Crippen molar-refractivity contribution in [3.8, 4) is 5.75 Å². The zero-order valence-corrected chi connectivity index (χ0v) is 12.3. The molecule has 0 spiro atoms. The number of carbonyl (C=O) groups excluding carboxylic acids is 2. The summed E-state index contributed by atoms with van der Waals surface area (Å²) >= 11 is 0. The molecule has 1 unspecified atom stereocenters. The Morgan fingerprint density at radius 3 is 2.67 bits per heavy atom. The first-order chi connectivity index (χ1) is 10.1. The van der Waals surface area contributed by atoms with E-state index in [1.54, 1.807) is 24.3 Å². The van der Waals surface area contributed by atoms with Gasteiger partial charge in [0.25, 0.3) is 0 Å². The molecular formula is C15H23N3O3. The van der Waals surface area contributed by atoms with Gasteiger partial charge >= 0.3 is 0 Å². The zero-order valence-electron chi connectivity index (χ0n) is 12.3. The predicted molar refractivity (Wildman–Crippen MR) is 81.8 cm³/mol. The van der Waals surface area contributed by atoms with E-state index < -0.39 is 5.91 Å². The van der Waals surface area contributed by atoms with Crippen LogP contribution in [0.5, 0.6) is 5.75 Å². The summed E-state index contributed by atoms with van der Waals surface area (Å²) in [4.78, 5) is 22.9. The van der Waals surface area contributed by atoms with Gasteiger partial charge in [0.2, 0.25) is 11.8 Å². The summed E-state index contributed by atoms with van der Waals surface area (Å²) in [6, 6.07) is 7.07. The molecular weight excluding hydrogens is 270 g/mol. The molecule has 0 bridgehead atoms. The second kappa shape index (κ2) is 8.97. The van der Waals surface area contributed by atoms with Crippen LogP contribution in [0.15, 0.2) is 24.3 Å². The lowest BCUT2D eigenvalue weighted by Crippen LogP contribution is -2.29. The number of ether oxygens (including phenoxy) is 1. The third-order valence-electron chi connectivity index (χ3n) is 3.04. The molecule has 6 nitrogen and oxygen atoms in total. The number of hydrogen-bond donors (Lipinski definition) is 3. The monoisotopic (exact) mass is 293 g/mol. The molecule has 0 fully saturated rings. The minimum atomic E-state index is -0.428. The highest BCUT2D eigenvalue weighted by Gasteiger charge is 2.17. The number of amides is 2. The lowest BCUT2D eigenvalue weighted by molar-refractivity contribution is -0.120. The molecule has 1 rings (SSSR count). The largest absolute Gasteiger partial charge is 0.491 e. The van der Waals surface area contributed by atoms with Crippen molar-refractivity contribution >= 4 is 17.5 Å². The Bertz CT molecular complexity index is 477. The van der Waals surface area contributed by atoms with E-state index in [0.717, 1.165) is 12.8 Å². The van der Waals surface area contributed by atoms with Gasteiger partial charge in [0, 0.05) is 6.54 Å². The van der Waals surface area contributed by atoms with Gasteiger partial charge in [-0.25, -0.2) is 0 Å². The van der Waals surface area contributed by atoms with Crippen LogP contribution < -0.4 is 21.5 Å². The summed E-state index contributed by atoms with van der Waals surface area (Å²) < 4.78 is 5.48. The quantitative estimate of drug-likeness (QED) is 0.637. The number of para-hydroxylation sites is 2. The minimum Gasteiger partial charge on any atom is -0.491 e. The van der Waals surface area contributed by atoms with Crippen LogP contribution in [0.4, 0.5) is 5.69 Å². The van der Waals surface area contributed by atoms with Gasteiger partial charge < -0.3 is 21.5 Å². The molecule has 2 amide bonds. The molecule has 0 saturated carbocycles. The predicted octanol–water partition coefficient (Wildman–Crippen LogP) is 1.25. The van der Waals surface area contributed by atoms with E-state index in [2.05, 4.69) is 5.32 Å². The molecule has 21 heavy (non-hydrogen) atoms. The third kappa shape index (κ3) is 5.83. The standard InChI is InChI=1S/C15H23N3O3/c1-2-5-11(10-16)15(20)18-12-6-3-4-7-13(12)21-9-8-14(17)19/h3-4,6-7,11H,2,5,8-10,16H2,1H3,(H2,17,19)(H,18,20). The Labute approximate surface area is 124 Å². The smallest absolute Gasteiger partial charge is 0.228 e. The van der Waals surface area contributed by atoms with Crippen molar-refractivity contribution in [2.75, 3.05) is 18.5 Å². The number of rotatable bonds is 9. The number of nitrogens with one attached hydrogen (secondary N) is 1. The molecule has 0 heterocycles. The van der Waals surface area contributed by atoms with E-state index in [4.69, 9.17) is 16.2 Å². The maximum Gasteiger partial charge on any atom is 0.228 e. The third-order valence-corrected chi connectivity index (χ3v) is 3.04. The van der Waals surface area contributed by atoms with Crippen LogP contribution in [-0.2, 0) is 9.59 Å². The Morgan fingerprint density at radius 1 is 1.33 bits per heavy atom. The number of benzene rings is 1. The Hall–Kier alpha value is -2.08. The van der Waals surface area contributed by atoms with Crippen molar-refractivity contribution in [2.24, 2.45) is 17.4 Å². The van der Waals surface area contributed by atoms with E-state index in [1.165, 1.54) is 0 Å². The summed E-state index contributed by atoms with van der Waals surface area (Å²) in [5, 5.41) is 2.82. The van der Waals surface area contributed by atoms with E-state index >= 15 is 0 Å². The van der Waals surface area contributed by atoms with Crippen molar-refractivity contribution < 1.29 is 14.3 Å². The summed E-state index contributed by atoms with van der Waals surface area (Å²) in [5.41, 5.74) is 11.3. The summed E-state index contributed by atoms with van der Waals surface area (Å²) in [6.45, 7) is 2.50. The van der Waals surface area contributed by atoms with E-state index in [-0.39, 0.29) is 24.9 Å². The fraction of sp³-hybridized carbons (Fsp3) is 0.467. The van der Waals surface area contributed by atoms with Crippen LogP contribution in [0.3, 0.4) is 0 Å². The van der Waals surface area contributed by atoms with Gasteiger partial charge in [0.15, 0.2) is 0 Å². The van der Waals surface area contributed by atoms with Gasteiger partial charge in [0.05, 0.1) is 24.6 Å². The van der Waals surface area contributed by atoms with Crippen molar-refractivity contribution in [1.29, 1.82) is 0 Å². The molecule has 0 aliphatic heterocycles. The second-order valence-electron chi connectivity index (χ2n) is 4.77. The van der Waals surface area contributed by atoms with E-state index in [9.17, 15) is 9.59 Å². The summed E-state index contributed by atoms with van der Waals surface area (Å²) in [5.74, 6) is -0.249. The van der Waals surface area contributed by atoms with E-state index in [0.29, 0.717) is 18.0 Å². The van der Waals surface area contributed by atoms with Crippen LogP contribution >= 0.6 is 0 Å². The maximum absolute atomic E-state index is 12.1. The van der Waals surface area contributed by atoms with Crippen LogP contribution in [0.2, 0.25) is 0 Å². The summed E-state index contributed by atoms with van der Waals surface area (Å²) in [6.07, 6.45) is 1.77. The lowest BCUT2D eigenvalue weighted by Gasteiger charge is -2.16. The highest BCUT2D eigenvalue weighted by Crippen LogP contribution is 2.24. The highest BCUT2D eigenvalue weighted by molar-refractivity contribution is 5.94. The molecule has 116 valence electrons. The molecule has 5 N–H and O–H groups in total. The van der Waals surface area contributed by atoms with Gasteiger partial charge in [-0.1, -0.05) is 25.5 Å². The molecule has 0 aromatic heterocycles. The lowest BCUT2D eigenvalue weighted by atomic mass is 10.0. The molecule has 1 aromatic rings. The SMILES string of the molecule is CCCC(CN)C(=O)Nc1ccccc1OCCC(N)=O. The van der Waals surface area contributed by atoms with E-state index in [1.807, 2.05) is 6.92 Å². The molecule has 0 saturated heterocycles. The van der Waals surface area contributed by atoms with Crippen LogP contribution in [0.1, 0.15) is 26.2 Å². The molecule has 0 radical (unpaired) electrons. The van der Waals surface area contributed by atoms with Gasteiger partial charge in [0.1, 0.15) is 5.75 Å². The number of nitrogens with two attached hydrogens (primary N) is 2. The van der Waals surface area contributed by atoms with Crippen molar-refractivity contribution in [3.63, 3.8) is 0 Å². The number of anilines is 1. The average molecular weight is 293 g/mol. The summed E-state index contributed by atoms with van der Waals surface area (Å²) in [7, 11) is 0. The van der Waals surface area contributed by atoms with Gasteiger partial charge in [-0.15, -0.1) is 0 Å². The number of primary amides is 1. The van der Waals surface area contributed by atoms with Crippen molar-refractivity contribution in [2.45, 2.75) is 26.2 Å². The second-order valence-corrected chi connectivity index (χ2v) is 4.77. The maximum atomic E-state index is 12.1.